The summed E-state index contributed by atoms with van der Waals surface area (Å²) in [7, 11) is 0. The Kier molecular flexibility index (Phi) is 53.2. The Bertz CT molecular complexity index is 1490. The number of aliphatic hydroxyl groups is 5. The molecule has 0 aromatic carbocycles. The monoisotopic (exact) mass is 1080 g/mol. The molecule has 1 aliphatic rings. The van der Waals surface area contributed by atoms with Gasteiger partial charge < -0.3 is 40.3 Å². The Morgan fingerprint density at radius 1 is 0.455 bits per heavy atom. The molecule has 1 amide bonds. The van der Waals surface area contributed by atoms with Crippen molar-refractivity contribution in [3.8, 4) is 0 Å². The quantitative estimate of drug-likeness (QED) is 0.0261. The van der Waals surface area contributed by atoms with Crippen molar-refractivity contribution in [2.75, 3.05) is 13.2 Å². The minimum absolute atomic E-state index is 0.190. The molecular formula is C68H121NO8. The number of amides is 1. The fourth-order valence-electron chi connectivity index (χ4n) is 9.89. The van der Waals surface area contributed by atoms with Crippen molar-refractivity contribution in [2.45, 2.75) is 326 Å². The number of hydrogen-bond acceptors (Lipinski definition) is 8. The molecule has 0 aromatic rings. The van der Waals surface area contributed by atoms with E-state index in [2.05, 4.69) is 92.1 Å². The molecule has 7 atom stereocenters. The van der Waals surface area contributed by atoms with E-state index < -0.39 is 49.5 Å². The van der Waals surface area contributed by atoms with Crippen LogP contribution in [0.4, 0.5) is 0 Å². The molecule has 9 nitrogen and oxygen atoms in total. The summed E-state index contributed by atoms with van der Waals surface area (Å²) in [4.78, 5) is 13.1. The summed E-state index contributed by atoms with van der Waals surface area (Å²) in [5.41, 5.74) is 0. The SMILES string of the molecule is CC/C=C\C/C=C\C/C=C\C/C=C\CCCCCCCCCCCCCCCCCCC(=O)NC(COC1OC(CO)C(O)C(O)C1O)C(O)/C=C/CC/C=C/CC/C=C/CCCCCCCCCCCCCCCCC. The second-order valence-electron chi connectivity index (χ2n) is 22.2. The van der Waals surface area contributed by atoms with E-state index in [0.717, 1.165) is 70.6 Å². The highest BCUT2D eigenvalue weighted by Crippen LogP contribution is 2.23. The second kappa shape index (κ2) is 56.6. The van der Waals surface area contributed by atoms with E-state index in [1.54, 1.807) is 6.08 Å². The topological polar surface area (TPSA) is 149 Å². The van der Waals surface area contributed by atoms with Crippen molar-refractivity contribution in [1.82, 2.24) is 5.32 Å². The third kappa shape index (κ3) is 45.8. The first kappa shape index (κ1) is 72.4. The highest BCUT2D eigenvalue weighted by atomic mass is 16.7. The van der Waals surface area contributed by atoms with Crippen LogP contribution in [0.25, 0.3) is 0 Å². The van der Waals surface area contributed by atoms with Crippen LogP contribution < -0.4 is 5.32 Å². The molecule has 0 bridgehead atoms. The van der Waals surface area contributed by atoms with Crippen LogP contribution in [0.15, 0.2) is 85.1 Å². The van der Waals surface area contributed by atoms with Crippen LogP contribution in [0.2, 0.25) is 0 Å². The van der Waals surface area contributed by atoms with Gasteiger partial charge in [0.1, 0.15) is 24.4 Å². The Hall–Kier alpha value is -2.63. The highest BCUT2D eigenvalue weighted by molar-refractivity contribution is 5.76. The summed E-state index contributed by atoms with van der Waals surface area (Å²) in [6, 6.07) is -0.833. The molecule has 6 N–H and O–H groups in total. The number of nitrogens with one attached hydrogen (secondary N) is 1. The van der Waals surface area contributed by atoms with Gasteiger partial charge in [-0.1, -0.05) is 279 Å². The van der Waals surface area contributed by atoms with Crippen molar-refractivity contribution in [2.24, 2.45) is 0 Å². The third-order valence-electron chi connectivity index (χ3n) is 14.9. The van der Waals surface area contributed by atoms with Crippen LogP contribution in [0, 0.1) is 0 Å². The fourth-order valence-corrected chi connectivity index (χ4v) is 9.89. The van der Waals surface area contributed by atoms with E-state index in [1.807, 2.05) is 6.08 Å². The molecule has 1 fully saturated rings. The first-order valence-electron chi connectivity index (χ1n) is 32.3. The first-order chi connectivity index (χ1) is 37.8. The van der Waals surface area contributed by atoms with Gasteiger partial charge in [-0.3, -0.25) is 4.79 Å². The molecule has 7 unspecified atom stereocenters. The lowest BCUT2D eigenvalue weighted by Gasteiger charge is -2.40. The van der Waals surface area contributed by atoms with Gasteiger partial charge in [0.25, 0.3) is 0 Å². The molecule has 446 valence electrons. The zero-order valence-corrected chi connectivity index (χ0v) is 49.7. The van der Waals surface area contributed by atoms with Crippen LogP contribution >= 0.6 is 0 Å². The highest BCUT2D eigenvalue weighted by Gasteiger charge is 2.44. The minimum Gasteiger partial charge on any atom is -0.394 e. The maximum Gasteiger partial charge on any atom is 0.220 e. The lowest BCUT2D eigenvalue weighted by Crippen LogP contribution is -2.60. The first-order valence-corrected chi connectivity index (χ1v) is 32.3. The van der Waals surface area contributed by atoms with Crippen LogP contribution in [0.3, 0.4) is 0 Å². The number of allylic oxidation sites excluding steroid dienone is 13. The summed E-state index contributed by atoms with van der Waals surface area (Å²) in [6.45, 7) is 3.67. The number of unbranched alkanes of at least 4 members (excludes halogenated alkanes) is 33. The molecule has 1 aliphatic heterocycles. The summed E-state index contributed by atoms with van der Waals surface area (Å²) >= 11 is 0. The largest absolute Gasteiger partial charge is 0.394 e. The van der Waals surface area contributed by atoms with Gasteiger partial charge in [-0.25, -0.2) is 0 Å². The van der Waals surface area contributed by atoms with E-state index in [0.29, 0.717) is 6.42 Å². The van der Waals surface area contributed by atoms with Gasteiger partial charge in [0, 0.05) is 6.42 Å². The van der Waals surface area contributed by atoms with Crippen molar-refractivity contribution < 1.29 is 39.8 Å². The molecule has 0 spiro atoms. The summed E-state index contributed by atoms with van der Waals surface area (Å²) in [6.07, 6.45) is 73.8. The second-order valence-corrected chi connectivity index (χ2v) is 22.2. The Labute approximate surface area is 473 Å². The zero-order chi connectivity index (χ0) is 55.8. The smallest absolute Gasteiger partial charge is 0.220 e. The van der Waals surface area contributed by atoms with Crippen LogP contribution in [0.1, 0.15) is 284 Å². The maximum absolute atomic E-state index is 13.1. The average molecular weight is 1080 g/mol. The standard InChI is InChI=1S/C68H121NO8/c1-3-5-7-9-11-13-15-17-19-21-23-25-27-29-30-31-32-34-36-38-40-42-44-46-48-50-52-54-56-58-64(72)69-61(60-76-68-67(75)66(74)65(73)63(59-70)77-68)62(71)57-55-53-51-49-47-45-43-41-39-37-35-33-28-26-24-22-20-18-16-14-12-10-8-6-4-2/h5,7,11,13,17,19,23,25,39,41,47,49,55,57,61-63,65-68,70-71,73-75H,3-4,6,8-10,12,14-16,18,20-22,24,26-38,40,42-46,48,50-54,56,58-60H2,1-2H3,(H,69,72)/b7-5-,13-11-,19-17-,25-23-,41-39+,49-47+,57-55+. The number of rotatable bonds is 55. The van der Waals surface area contributed by atoms with Gasteiger partial charge >= 0.3 is 0 Å². The number of carbonyl (C=O) groups is 1. The maximum atomic E-state index is 13.1. The molecule has 1 saturated heterocycles. The van der Waals surface area contributed by atoms with E-state index in [9.17, 15) is 30.3 Å². The van der Waals surface area contributed by atoms with Gasteiger partial charge in [0.2, 0.25) is 5.91 Å². The summed E-state index contributed by atoms with van der Waals surface area (Å²) in [5.74, 6) is -0.190. The van der Waals surface area contributed by atoms with Gasteiger partial charge in [-0.2, -0.15) is 0 Å². The van der Waals surface area contributed by atoms with Crippen molar-refractivity contribution in [1.29, 1.82) is 0 Å². The van der Waals surface area contributed by atoms with Crippen LogP contribution in [-0.2, 0) is 14.3 Å². The lowest BCUT2D eigenvalue weighted by molar-refractivity contribution is -0.302. The van der Waals surface area contributed by atoms with Crippen LogP contribution in [-0.4, -0.2) is 87.5 Å². The Balaban J connectivity index is 2.20. The summed E-state index contributed by atoms with van der Waals surface area (Å²) in [5, 5.41) is 54.6. The molecule has 0 aliphatic carbocycles. The zero-order valence-electron chi connectivity index (χ0n) is 49.7. The van der Waals surface area contributed by atoms with Crippen molar-refractivity contribution in [3.63, 3.8) is 0 Å². The number of aliphatic hydroxyl groups excluding tert-OH is 5. The van der Waals surface area contributed by atoms with E-state index >= 15 is 0 Å². The molecule has 0 radical (unpaired) electrons. The van der Waals surface area contributed by atoms with Gasteiger partial charge in [-0.15, -0.1) is 0 Å². The molecule has 9 heteroatoms. The van der Waals surface area contributed by atoms with Crippen LogP contribution in [0.5, 0.6) is 0 Å². The lowest BCUT2D eigenvalue weighted by atomic mass is 9.99. The van der Waals surface area contributed by atoms with Gasteiger partial charge in [0.05, 0.1) is 25.4 Å². The molecule has 1 heterocycles. The summed E-state index contributed by atoms with van der Waals surface area (Å²) < 4.78 is 11.3. The molecule has 1 rings (SSSR count). The van der Waals surface area contributed by atoms with Crippen molar-refractivity contribution in [3.05, 3.63) is 85.1 Å². The Morgan fingerprint density at radius 2 is 0.818 bits per heavy atom. The predicted molar refractivity (Wildman–Crippen MR) is 327 cm³/mol. The van der Waals surface area contributed by atoms with Crippen molar-refractivity contribution >= 4 is 5.91 Å². The average Bonchev–Trinajstić information content (AvgIpc) is 3.43. The predicted octanol–water partition coefficient (Wildman–Crippen LogP) is 17.0. The molecule has 0 saturated carbocycles. The van der Waals surface area contributed by atoms with E-state index in [4.69, 9.17) is 9.47 Å². The third-order valence-corrected chi connectivity index (χ3v) is 14.9. The normalized spacial score (nSPS) is 19.3. The van der Waals surface area contributed by atoms with Gasteiger partial charge in [-0.05, 0) is 83.5 Å². The van der Waals surface area contributed by atoms with Gasteiger partial charge in [0.15, 0.2) is 6.29 Å². The van der Waals surface area contributed by atoms with E-state index in [-0.39, 0.29) is 12.5 Å². The minimum atomic E-state index is -1.58. The number of carbonyl (C=O) groups excluding carboxylic acids is 1. The molecular weight excluding hydrogens is 959 g/mol. The molecule has 0 aromatic heterocycles. The Morgan fingerprint density at radius 3 is 1.25 bits per heavy atom. The fraction of sp³-hybridized carbons (Fsp3) is 0.779. The number of hydrogen-bond donors (Lipinski definition) is 6. The molecule has 77 heavy (non-hydrogen) atoms. The van der Waals surface area contributed by atoms with E-state index in [1.165, 1.54) is 193 Å². The number of ether oxygens (including phenoxy) is 2.